The molecule has 0 fully saturated rings. The third kappa shape index (κ3) is 4.16. The van der Waals surface area contributed by atoms with Crippen LogP contribution in [0.25, 0.3) is 21.6 Å². The first-order valence-electron chi connectivity index (χ1n) is 8.85. The Labute approximate surface area is 177 Å². The van der Waals surface area contributed by atoms with Crippen LogP contribution in [0, 0.1) is 0 Å². The van der Waals surface area contributed by atoms with Crippen LogP contribution in [0.5, 0.6) is 5.75 Å². The highest BCUT2D eigenvalue weighted by atomic mass is 35.5. The first-order chi connectivity index (χ1) is 14.1. The molecular weight excluding hydrogens is 406 g/mol. The number of thiophene rings is 1. The van der Waals surface area contributed by atoms with Crippen molar-refractivity contribution in [3.05, 3.63) is 94.6 Å². The van der Waals surface area contributed by atoms with Crippen molar-refractivity contribution >= 4 is 28.9 Å². The Kier molecular flexibility index (Phi) is 5.60. The Morgan fingerprint density at radius 2 is 1.86 bits per heavy atom. The van der Waals surface area contributed by atoms with Gasteiger partial charge in [-0.1, -0.05) is 41.9 Å². The molecule has 2 aromatic heterocycles. The van der Waals surface area contributed by atoms with E-state index in [2.05, 4.69) is 4.98 Å². The Bertz CT molecular complexity index is 1160. The van der Waals surface area contributed by atoms with Crippen molar-refractivity contribution in [3.8, 4) is 27.3 Å². The molecule has 0 aliphatic carbocycles. The molecule has 4 aromatic rings. The summed E-state index contributed by atoms with van der Waals surface area (Å²) in [4.78, 5) is 16.4. The normalized spacial score (nSPS) is 10.7. The molecule has 6 heteroatoms. The third-order valence-corrected chi connectivity index (χ3v) is 5.61. The summed E-state index contributed by atoms with van der Waals surface area (Å²) in [6.07, 6.45) is 2.96. The number of aromatic carboxylic acids is 1. The monoisotopic (exact) mass is 421 g/mol. The highest BCUT2D eigenvalue weighted by Gasteiger charge is 2.19. The summed E-state index contributed by atoms with van der Waals surface area (Å²) >= 11 is 7.74. The van der Waals surface area contributed by atoms with Gasteiger partial charge in [0.2, 0.25) is 0 Å². The number of halogens is 1. The lowest BCUT2D eigenvalue weighted by atomic mass is 10.00. The number of carboxylic acids is 1. The van der Waals surface area contributed by atoms with Crippen LogP contribution in [-0.2, 0) is 6.61 Å². The quantitative estimate of drug-likeness (QED) is 0.391. The van der Waals surface area contributed by atoms with Crippen molar-refractivity contribution in [3.63, 3.8) is 0 Å². The second-order valence-electron chi connectivity index (χ2n) is 6.30. The Morgan fingerprint density at radius 1 is 1.03 bits per heavy atom. The molecule has 0 amide bonds. The number of rotatable bonds is 6. The number of hydrogen-bond acceptors (Lipinski definition) is 4. The number of nitrogens with zero attached hydrogens (tertiary/aromatic N) is 1. The van der Waals surface area contributed by atoms with Gasteiger partial charge in [-0.15, -0.1) is 11.3 Å². The van der Waals surface area contributed by atoms with Crippen molar-refractivity contribution in [1.29, 1.82) is 0 Å². The van der Waals surface area contributed by atoms with Gasteiger partial charge in [0, 0.05) is 39.0 Å². The molecule has 29 heavy (non-hydrogen) atoms. The van der Waals surface area contributed by atoms with E-state index in [1.54, 1.807) is 18.3 Å². The van der Waals surface area contributed by atoms with Gasteiger partial charge in [-0.2, -0.15) is 0 Å². The van der Waals surface area contributed by atoms with E-state index in [-0.39, 0.29) is 5.56 Å². The molecule has 0 bridgehead atoms. The number of hydrogen-bond donors (Lipinski definition) is 1. The van der Waals surface area contributed by atoms with E-state index in [1.807, 2.05) is 53.9 Å². The molecule has 0 aliphatic rings. The molecule has 0 saturated heterocycles. The summed E-state index contributed by atoms with van der Waals surface area (Å²) in [7, 11) is 0. The number of benzene rings is 2. The van der Waals surface area contributed by atoms with E-state index >= 15 is 0 Å². The minimum absolute atomic E-state index is 0.157. The van der Waals surface area contributed by atoms with E-state index in [0.717, 1.165) is 21.6 Å². The lowest BCUT2D eigenvalue weighted by molar-refractivity contribution is 0.0697. The average Bonchev–Trinajstić information content (AvgIpc) is 3.23. The number of ether oxygens (including phenoxy) is 1. The zero-order valence-corrected chi connectivity index (χ0v) is 16.8. The van der Waals surface area contributed by atoms with Gasteiger partial charge in [0.1, 0.15) is 12.4 Å². The van der Waals surface area contributed by atoms with Crippen molar-refractivity contribution < 1.29 is 14.6 Å². The predicted octanol–water partition coefficient (Wildman–Crippen LogP) is 6.41. The summed E-state index contributed by atoms with van der Waals surface area (Å²) in [5, 5.41) is 12.1. The van der Waals surface area contributed by atoms with E-state index < -0.39 is 5.97 Å². The number of carbonyl (C=O) groups is 1. The minimum Gasteiger partial charge on any atom is -0.488 e. The van der Waals surface area contributed by atoms with Crippen LogP contribution in [0.15, 0.2) is 78.4 Å². The van der Waals surface area contributed by atoms with E-state index in [1.165, 1.54) is 17.5 Å². The van der Waals surface area contributed by atoms with Crippen molar-refractivity contribution in [2.45, 2.75) is 6.61 Å². The highest BCUT2D eigenvalue weighted by molar-refractivity contribution is 7.14. The van der Waals surface area contributed by atoms with Gasteiger partial charge in [0.25, 0.3) is 0 Å². The largest absolute Gasteiger partial charge is 0.488 e. The van der Waals surface area contributed by atoms with E-state index in [0.29, 0.717) is 22.9 Å². The van der Waals surface area contributed by atoms with Gasteiger partial charge in [-0.25, -0.2) is 4.79 Å². The molecule has 0 unspecified atom stereocenters. The topological polar surface area (TPSA) is 59.4 Å². The molecule has 0 atom stereocenters. The van der Waals surface area contributed by atoms with Crippen LogP contribution < -0.4 is 4.74 Å². The summed E-state index contributed by atoms with van der Waals surface area (Å²) in [5.74, 6) is -0.331. The second-order valence-corrected chi connectivity index (χ2v) is 7.66. The van der Waals surface area contributed by atoms with Crippen molar-refractivity contribution in [1.82, 2.24) is 4.98 Å². The molecule has 4 nitrogen and oxygen atoms in total. The first-order valence-corrected chi connectivity index (χ1v) is 10.1. The van der Waals surface area contributed by atoms with Crippen LogP contribution in [0.1, 0.15) is 15.9 Å². The van der Waals surface area contributed by atoms with Crippen LogP contribution in [-0.4, -0.2) is 16.1 Å². The zero-order valence-electron chi connectivity index (χ0n) is 15.2. The molecule has 144 valence electrons. The smallest absolute Gasteiger partial charge is 0.337 e. The van der Waals surface area contributed by atoms with Gasteiger partial charge in [-0.05, 0) is 41.3 Å². The number of carboxylic acid groups (broad SMARTS) is 1. The van der Waals surface area contributed by atoms with Gasteiger partial charge < -0.3 is 9.84 Å². The molecule has 0 spiro atoms. The SMILES string of the molecule is O=C(O)c1cnccc1-c1sccc1-c1cc(Cl)ccc1OCc1ccccc1. The molecule has 0 aliphatic heterocycles. The standard InChI is InChI=1S/C23H16ClNO3S/c24-16-6-7-21(28-14-15-4-2-1-3-5-15)19(12-16)18-9-11-29-22(18)17-8-10-25-13-20(17)23(26)27/h1-13H,14H2,(H,26,27). The fourth-order valence-corrected chi connectivity index (χ4v) is 4.19. The highest BCUT2D eigenvalue weighted by Crippen LogP contribution is 2.42. The molecular formula is C23H16ClNO3S. The maximum Gasteiger partial charge on any atom is 0.337 e. The molecule has 2 heterocycles. The van der Waals surface area contributed by atoms with Gasteiger partial charge in [0.15, 0.2) is 0 Å². The summed E-state index contributed by atoms with van der Waals surface area (Å²) in [6, 6.07) is 19.0. The lowest BCUT2D eigenvalue weighted by Crippen LogP contribution is -2.00. The molecule has 4 rings (SSSR count). The van der Waals surface area contributed by atoms with Gasteiger partial charge >= 0.3 is 5.97 Å². The molecule has 2 aromatic carbocycles. The molecule has 1 N–H and O–H groups in total. The third-order valence-electron chi connectivity index (χ3n) is 4.43. The first kappa shape index (κ1) is 19.2. The van der Waals surface area contributed by atoms with Gasteiger partial charge in [0.05, 0.1) is 5.56 Å². The average molecular weight is 422 g/mol. The molecule has 0 saturated carbocycles. The fourth-order valence-electron chi connectivity index (χ4n) is 3.07. The van der Waals surface area contributed by atoms with Crippen LogP contribution >= 0.6 is 22.9 Å². The Balaban J connectivity index is 1.76. The number of pyridine rings is 1. The van der Waals surface area contributed by atoms with Crippen LogP contribution in [0.3, 0.4) is 0 Å². The maximum atomic E-state index is 11.7. The second kappa shape index (κ2) is 8.47. The minimum atomic E-state index is -1.01. The van der Waals surface area contributed by atoms with Crippen molar-refractivity contribution in [2.75, 3.05) is 0 Å². The fraction of sp³-hybridized carbons (Fsp3) is 0.0435. The van der Waals surface area contributed by atoms with Crippen LogP contribution in [0.2, 0.25) is 5.02 Å². The van der Waals surface area contributed by atoms with E-state index in [9.17, 15) is 9.90 Å². The van der Waals surface area contributed by atoms with Crippen LogP contribution in [0.4, 0.5) is 0 Å². The Morgan fingerprint density at radius 3 is 2.66 bits per heavy atom. The molecule has 0 radical (unpaired) electrons. The predicted molar refractivity (Wildman–Crippen MR) is 116 cm³/mol. The Hall–Kier alpha value is -3.15. The summed E-state index contributed by atoms with van der Waals surface area (Å²) < 4.78 is 6.09. The summed E-state index contributed by atoms with van der Waals surface area (Å²) in [5.41, 5.74) is 3.52. The maximum absolute atomic E-state index is 11.7. The summed E-state index contributed by atoms with van der Waals surface area (Å²) in [6.45, 7) is 0.421. The van der Waals surface area contributed by atoms with E-state index in [4.69, 9.17) is 16.3 Å². The zero-order chi connectivity index (χ0) is 20.2. The lowest BCUT2D eigenvalue weighted by Gasteiger charge is -2.14. The van der Waals surface area contributed by atoms with Crippen molar-refractivity contribution in [2.24, 2.45) is 0 Å². The van der Waals surface area contributed by atoms with Gasteiger partial charge in [-0.3, -0.25) is 4.98 Å². The number of aromatic nitrogens is 1.